The van der Waals surface area contributed by atoms with Gasteiger partial charge in [0.2, 0.25) is 0 Å². The van der Waals surface area contributed by atoms with Crippen molar-refractivity contribution in [2.75, 3.05) is 31.1 Å². The first-order valence-corrected chi connectivity index (χ1v) is 9.79. The molecule has 1 fully saturated rings. The molecule has 0 amide bonds. The Hall–Kier alpha value is -2.67. The first kappa shape index (κ1) is 20.1. The van der Waals surface area contributed by atoms with Crippen LogP contribution >= 0.6 is 0 Å². The Balaban J connectivity index is 1.53. The van der Waals surface area contributed by atoms with Crippen LogP contribution in [-0.4, -0.2) is 48.3 Å². The molecule has 0 saturated carbocycles. The first-order chi connectivity index (χ1) is 13.7. The van der Waals surface area contributed by atoms with E-state index in [0.29, 0.717) is 12.0 Å². The van der Waals surface area contributed by atoms with Crippen molar-refractivity contribution in [1.29, 1.82) is 0 Å². The number of nitrogens with zero attached hydrogens (tertiary/aromatic N) is 3. The predicted molar refractivity (Wildman–Crippen MR) is 110 cm³/mol. The van der Waals surface area contributed by atoms with Gasteiger partial charge in [0.25, 0.3) is 0 Å². The van der Waals surface area contributed by atoms with E-state index in [-0.39, 0.29) is 12.4 Å². The molecule has 3 rings (SSSR count). The molecule has 1 aromatic heterocycles. The standard InChI is InChI=1S/C21H28FN5O/c1-2-24-21(25-15-20(28)16-6-10-23-11-7-16)26-18-8-12-27(13-9-18)19-5-3-4-17(22)14-19/h3-7,10-11,14,18,20,28H,2,8-9,12-13,15H2,1H3,(H2,24,25,26). The molecule has 7 heteroatoms. The Morgan fingerprint density at radius 1 is 1.29 bits per heavy atom. The molecule has 1 saturated heterocycles. The number of hydrogen-bond donors (Lipinski definition) is 3. The Morgan fingerprint density at radius 2 is 2.04 bits per heavy atom. The van der Waals surface area contributed by atoms with Crippen LogP contribution in [0.3, 0.4) is 0 Å². The summed E-state index contributed by atoms with van der Waals surface area (Å²) in [4.78, 5) is 10.7. The lowest BCUT2D eigenvalue weighted by Gasteiger charge is -2.34. The van der Waals surface area contributed by atoms with Crippen molar-refractivity contribution in [3.05, 3.63) is 60.2 Å². The molecule has 150 valence electrons. The van der Waals surface area contributed by atoms with Gasteiger partial charge >= 0.3 is 0 Å². The number of rotatable bonds is 6. The van der Waals surface area contributed by atoms with Crippen LogP contribution in [-0.2, 0) is 0 Å². The quantitative estimate of drug-likeness (QED) is 0.526. The zero-order valence-electron chi connectivity index (χ0n) is 16.2. The fourth-order valence-electron chi connectivity index (χ4n) is 3.34. The maximum atomic E-state index is 13.4. The average Bonchev–Trinajstić information content (AvgIpc) is 2.73. The number of aliphatic hydroxyl groups excluding tert-OH is 1. The lowest BCUT2D eigenvalue weighted by molar-refractivity contribution is 0.187. The highest BCUT2D eigenvalue weighted by Gasteiger charge is 2.20. The van der Waals surface area contributed by atoms with E-state index in [2.05, 4.69) is 25.5 Å². The molecule has 1 aliphatic heterocycles. The second kappa shape index (κ2) is 10.0. The monoisotopic (exact) mass is 385 g/mol. The minimum atomic E-state index is -0.659. The van der Waals surface area contributed by atoms with Crippen molar-refractivity contribution in [1.82, 2.24) is 15.6 Å². The van der Waals surface area contributed by atoms with Crippen LogP contribution in [0, 0.1) is 5.82 Å². The second-order valence-electron chi connectivity index (χ2n) is 6.90. The summed E-state index contributed by atoms with van der Waals surface area (Å²) in [6.45, 7) is 4.77. The van der Waals surface area contributed by atoms with Gasteiger partial charge in [-0.05, 0) is 55.7 Å². The number of guanidine groups is 1. The van der Waals surface area contributed by atoms with Crippen LogP contribution in [0.1, 0.15) is 31.4 Å². The molecule has 3 N–H and O–H groups in total. The topological polar surface area (TPSA) is 72.8 Å². The van der Waals surface area contributed by atoms with E-state index >= 15 is 0 Å². The van der Waals surface area contributed by atoms with E-state index in [9.17, 15) is 9.50 Å². The molecule has 1 aromatic carbocycles. The van der Waals surface area contributed by atoms with E-state index in [0.717, 1.165) is 43.7 Å². The maximum Gasteiger partial charge on any atom is 0.191 e. The molecule has 0 bridgehead atoms. The molecule has 0 radical (unpaired) electrons. The summed E-state index contributed by atoms with van der Waals surface area (Å²) in [7, 11) is 0. The molecule has 2 heterocycles. The molecular formula is C21H28FN5O. The first-order valence-electron chi connectivity index (χ1n) is 9.79. The van der Waals surface area contributed by atoms with Crippen LogP contribution in [0.4, 0.5) is 10.1 Å². The third kappa shape index (κ3) is 5.66. The molecule has 0 spiro atoms. The fourth-order valence-corrected chi connectivity index (χ4v) is 3.34. The fraction of sp³-hybridized carbons (Fsp3) is 0.429. The number of nitrogens with one attached hydrogen (secondary N) is 2. The Bertz CT molecular complexity index is 762. The van der Waals surface area contributed by atoms with Crippen molar-refractivity contribution in [2.45, 2.75) is 31.9 Å². The third-order valence-corrected chi connectivity index (χ3v) is 4.87. The highest BCUT2D eigenvalue weighted by molar-refractivity contribution is 5.80. The maximum absolute atomic E-state index is 13.4. The molecule has 28 heavy (non-hydrogen) atoms. The van der Waals surface area contributed by atoms with Gasteiger partial charge in [0, 0.05) is 43.8 Å². The van der Waals surface area contributed by atoms with Crippen molar-refractivity contribution >= 4 is 11.6 Å². The van der Waals surface area contributed by atoms with E-state index in [1.54, 1.807) is 36.7 Å². The lowest BCUT2D eigenvalue weighted by Crippen LogP contribution is -2.48. The summed E-state index contributed by atoms with van der Waals surface area (Å²) >= 11 is 0. The molecule has 2 aromatic rings. The molecule has 1 aliphatic rings. The van der Waals surface area contributed by atoms with Crippen LogP contribution in [0.25, 0.3) is 0 Å². The summed E-state index contributed by atoms with van der Waals surface area (Å²) < 4.78 is 13.4. The minimum absolute atomic E-state index is 0.202. The minimum Gasteiger partial charge on any atom is -0.386 e. The number of aliphatic hydroxyl groups is 1. The number of benzene rings is 1. The number of halogens is 1. The lowest BCUT2D eigenvalue weighted by atomic mass is 10.0. The normalized spacial score (nSPS) is 16.7. The van der Waals surface area contributed by atoms with Crippen molar-refractivity contribution in [3.8, 4) is 0 Å². The van der Waals surface area contributed by atoms with E-state index < -0.39 is 6.10 Å². The Labute approximate surface area is 165 Å². The summed E-state index contributed by atoms with van der Waals surface area (Å²) in [5.41, 5.74) is 1.73. The summed E-state index contributed by atoms with van der Waals surface area (Å²) in [5.74, 6) is 0.506. The van der Waals surface area contributed by atoms with E-state index in [1.807, 2.05) is 13.0 Å². The number of pyridine rings is 1. The SMILES string of the molecule is CCNC(=NCC(O)c1ccncc1)NC1CCN(c2cccc(F)c2)CC1. The number of piperidine rings is 1. The number of aliphatic imine (C=N–C) groups is 1. The van der Waals surface area contributed by atoms with Gasteiger partial charge in [-0.25, -0.2) is 4.39 Å². The molecule has 1 atom stereocenters. The summed E-state index contributed by atoms with van der Waals surface area (Å²) in [6, 6.07) is 10.6. The zero-order valence-corrected chi connectivity index (χ0v) is 16.2. The van der Waals surface area contributed by atoms with Crippen LogP contribution in [0.15, 0.2) is 53.8 Å². The molecule has 6 nitrogen and oxygen atoms in total. The van der Waals surface area contributed by atoms with E-state index in [4.69, 9.17) is 0 Å². The highest BCUT2D eigenvalue weighted by atomic mass is 19.1. The third-order valence-electron chi connectivity index (χ3n) is 4.87. The van der Waals surface area contributed by atoms with Crippen LogP contribution < -0.4 is 15.5 Å². The summed E-state index contributed by atoms with van der Waals surface area (Å²) in [5, 5.41) is 17.0. The van der Waals surface area contributed by atoms with Crippen LogP contribution in [0.2, 0.25) is 0 Å². The second-order valence-corrected chi connectivity index (χ2v) is 6.90. The van der Waals surface area contributed by atoms with Gasteiger partial charge in [-0.3, -0.25) is 9.98 Å². The Kier molecular flexibility index (Phi) is 7.19. The predicted octanol–water partition coefficient (Wildman–Crippen LogP) is 2.48. The highest BCUT2D eigenvalue weighted by Crippen LogP contribution is 2.20. The average molecular weight is 385 g/mol. The van der Waals surface area contributed by atoms with Crippen molar-refractivity contribution < 1.29 is 9.50 Å². The number of hydrogen-bond acceptors (Lipinski definition) is 4. The van der Waals surface area contributed by atoms with Gasteiger partial charge in [-0.15, -0.1) is 0 Å². The van der Waals surface area contributed by atoms with Gasteiger partial charge in [-0.2, -0.15) is 0 Å². The van der Waals surface area contributed by atoms with Crippen molar-refractivity contribution in [3.63, 3.8) is 0 Å². The van der Waals surface area contributed by atoms with Crippen molar-refractivity contribution in [2.24, 2.45) is 4.99 Å². The van der Waals surface area contributed by atoms with Gasteiger partial charge in [0.05, 0.1) is 12.6 Å². The van der Waals surface area contributed by atoms with Gasteiger partial charge < -0.3 is 20.6 Å². The van der Waals surface area contributed by atoms with Gasteiger partial charge in [0.1, 0.15) is 5.82 Å². The van der Waals surface area contributed by atoms with Gasteiger partial charge in [0.15, 0.2) is 5.96 Å². The number of aromatic nitrogens is 1. The zero-order chi connectivity index (χ0) is 19.8. The Morgan fingerprint density at radius 3 is 2.71 bits per heavy atom. The number of anilines is 1. The molecule has 1 unspecified atom stereocenters. The molecular weight excluding hydrogens is 357 g/mol. The van der Waals surface area contributed by atoms with Gasteiger partial charge in [-0.1, -0.05) is 6.07 Å². The molecule has 0 aliphatic carbocycles. The van der Waals surface area contributed by atoms with Crippen LogP contribution in [0.5, 0.6) is 0 Å². The largest absolute Gasteiger partial charge is 0.386 e. The summed E-state index contributed by atoms with van der Waals surface area (Å²) in [6.07, 6.45) is 4.55. The smallest absolute Gasteiger partial charge is 0.191 e. The van der Waals surface area contributed by atoms with E-state index in [1.165, 1.54) is 6.07 Å².